The van der Waals surface area contributed by atoms with Gasteiger partial charge in [0.25, 0.3) is 0 Å². The van der Waals surface area contributed by atoms with Gasteiger partial charge in [0.2, 0.25) is 0 Å². The molecule has 4 nitrogen and oxygen atoms in total. The minimum Gasteiger partial charge on any atom is -0.444 e. The summed E-state index contributed by atoms with van der Waals surface area (Å²) in [5.41, 5.74) is 0.789. The van der Waals surface area contributed by atoms with Gasteiger partial charge in [-0.2, -0.15) is 0 Å². The number of rotatable bonds is 7. The van der Waals surface area contributed by atoms with Crippen LogP contribution in [0, 0.1) is 0 Å². The first-order valence-corrected chi connectivity index (χ1v) is 8.24. The predicted molar refractivity (Wildman–Crippen MR) is 96.0 cm³/mol. The Morgan fingerprint density at radius 3 is 2.43 bits per heavy atom. The molecule has 0 aliphatic rings. The van der Waals surface area contributed by atoms with Gasteiger partial charge in [-0.05, 0) is 51.8 Å². The van der Waals surface area contributed by atoms with Crippen molar-refractivity contribution in [3.8, 4) is 0 Å². The maximum atomic E-state index is 11.4. The molecule has 0 aliphatic carbocycles. The molecule has 0 saturated heterocycles. The van der Waals surface area contributed by atoms with Crippen LogP contribution in [0.3, 0.4) is 0 Å². The molecule has 0 radical (unpaired) electrons. The summed E-state index contributed by atoms with van der Waals surface area (Å²) >= 11 is 5.87. The van der Waals surface area contributed by atoms with Gasteiger partial charge in [0, 0.05) is 24.2 Å². The molecule has 1 atom stereocenters. The van der Waals surface area contributed by atoms with Crippen molar-refractivity contribution in [1.82, 2.24) is 10.6 Å². The Bertz CT molecular complexity index is 507. The zero-order chi connectivity index (χ0) is 17.3. The monoisotopic (exact) mass is 338 g/mol. The number of carbonyl (C=O) groups is 1. The predicted octanol–water partition coefficient (Wildman–Crippen LogP) is 3.94. The average Bonchev–Trinajstić information content (AvgIpc) is 2.43. The fraction of sp³-hybridized carbons (Fsp3) is 0.500. The molecule has 128 valence electrons. The summed E-state index contributed by atoms with van der Waals surface area (Å²) in [6, 6.07) is 8.26. The number of alkyl carbamates (subject to hydrolysis) is 1. The van der Waals surface area contributed by atoms with E-state index in [1.807, 2.05) is 57.2 Å². The molecule has 0 bridgehead atoms. The zero-order valence-corrected chi connectivity index (χ0v) is 15.1. The number of halogens is 1. The van der Waals surface area contributed by atoms with Crippen molar-refractivity contribution in [2.75, 3.05) is 13.1 Å². The second kappa shape index (κ2) is 9.58. The van der Waals surface area contributed by atoms with E-state index >= 15 is 0 Å². The third-order valence-corrected chi connectivity index (χ3v) is 3.22. The summed E-state index contributed by atoms with van der Waals surface area (Å²) in [6.45, 7) is 8.88. The van der Waals surface area contributed by atoms with Crippen LogP contribution in [0.15, 0.2) is 36.4 Å². The molecule has 1 unspecified atom stereocenters. The van der Waals surface area contributed by atoms with Gasteiger partial charge in [-0.15, -0.1) is 0 Å². The van der Waals surface area contributed by atoms with Crippen LogP contribution >= 0.6 is 11.6 Å². The summed E-state index contributed by atoms with van der Waals surface area (Å²) in [4.78, 5) is 11.4. The van der Waals surface area contributed by atoms with Crippen molar-refractivity contribution in [2.24, 2.45) is 0 Å². The number of nitrogens with one attached hydrogen (secondary N) is 2. The van der Waals surface area contributed by atoms with E-state index in [0.717, 1.165) is 18.0 Å². The van der Waals surface area contributed by atoms with E-state index in [-0.39, 0.29) is 0 Å². The second-order valence-electron chi connectivity index (χ2n) is 6.49. The molecule has 0 aromatic heterocycles. The van der Waals surface area contributed by atoms with Crippen LogP contribution in [0.4, 0.5) is 4.79 Å². The minimum absolute atomic E-state index is 0.361. The first kappa shape index (κ1) is 19.5. The molecule has 1 amide bonds. The Kier molecular flexibility index (Phi) is 8.13. The standard InChI is InChI=1S/C18H27ClN2O2/c1-14(13-15-7-9-16(19)10-8-15)20-11-5-6-12-21-17(22)23-18(2,3)4/h5-10,14,20H,11-13H2,1-4H3,(H,21,22)/b6-5+. The van der Waals surface area contributed by atoms with Gasteiger partial charge in [0.1, 0.15) is 5.60 Å². The fourth-order valence-corrected chi connectivity index (χ4v) is 2.06. The lowest BCUT2D eigenvalue weighted by atomic mass is 10.1. The topological polar surface area (TPSA) is 50.4 Å². The lowest BCUT2D eigenvalue weighted by Crippen LogP contribution is -2.32. The Hall–Kier alpha value is -1.52. The van der Waals surface area contributed by atoms with Crippen molar-refractivity contribution in [1.29, 1.82) is 0 Å². The number of benzene rings is 1. The molecule has 1 aromatic rings. The molecule has 0 fully saturated rings. The number of hydrogen-bond donors (Lipinski definition) is 2. The van der Waals surface area contributed by atoms with E-state index in [9.17, 15) is 4.79 Å². The van der Waals surface area contributed by atoms with Gasteiger partial charge in [0.05, 0.1) is 0 Å². The van der Waals surface area contributed by atoms with Gasteiger partial charge in [-0.3, -0.25) is 0 Å². The van der Waals surface area contributed by atoms with Gasteiger partial charge < -0.3 is 15.4 Å². The van der Waals surface area contributed by atoms with E-state index in [1.165, 1.54) is 5.56 Å². The number of ether oxygens (including phenoxy) is 1. The highest BCUT2D eigenvalue weighted by atomic mass is 35.5. The first-order valence-electron chi connectivity index (χ1n) is 7.86. The van der Waals surface area contributed by atoms with Gasteiger partial charge in [-0.25, -0.2) is 4.79 Å². The van der Waals surface area contributed by atoms with Gasteiger partial charge in [0.15, 0.2) is 0 Å². The molecular weight excluding hydrogens is 312 g/mol. The minimum atomic E-state index is -0.466. The van der Waals surface area contributed by atoms with Crippen LogP contribution in [0.25, 0.3) is 0 Å². The van der Waals surface area contributed by atoms with Crippen molar-refractivity contribution in [3.05, 3.63) is 47.0 Å². The van der Waals surface area contributed by atoms with Crippen LogP contribution in [0.2, 0.25) is 5.02 Å². The molecule has 0 spiro atoms. The molecule has 1 aromatic carbocycles. The molecular formula is C18H27ClN2O2. The van der Waals surface area contributed by atoms with Crippen molar-refractivity contribution < 1.29 is 9.53 Å². The highest BCUT2D eigenvalue weighted by molar-refractivity contribution is 6.30. The maximum absolute atomic E-state index is 11.4. The van der Waals surface area contributed by atoms with E-state index in [2.05, 4.69) is 17.6 Å². The van der Waals surface area contributed by atoms with Crippen molar-refractivity contribution >= 4 is 17.7 Å². The molecule has 0 heterocycles. The first-order chi connectivity index (χ1) is 10.8. The maximum Gasteiger partial charge on any atom is 0.407 e. The van der Waals surface area contributed by atoms with Gasteiger partial charge >= 0.3 is 6.09 Å². The summed E-state index contributed by atoms with van der Waals surface area (Å²) in [5, 5.41) is 6.85. The summed E-state index contributed by atoms with van der Waals surface area (Å²) in [6.07, 6.45) is 4.45. The molecule has 5 heteroatoms. The number of carbonyl (C=O) groups excluding carboxylic acids is 1. The molecule has 0 saturated carbocycles. The lowest BCUT2D eigenvalue weighted by molar-refractivity contribution is 0.0534. The molecule has 0 aliphatic heterocycles. The Balaban J connectivity index is 2.15. The zero-order valence-electron chi connectivity index (χ0n) is 14.4. The molecule has 2 N–H and O–H groups in total. The van der Waals surface area contributed by atoms with Crippen molar-refractivity contribution in [2.45, 2.75) is 45.8 Å². The normalized spacial score (nSPS) is 13.1. The smallest absolute Gasteiger partial charge is 0.407 e. The van der Waals surface area contributed by atoms with Crippen LogP contribution in [-0.2, 0) is 11.2 Å². The van der Waals surface area contributed by atoms with E-state index in [1.54, 1.807) is 0 Å². The fourth-order valence-electron chi connectivity index (χ4n) is 1.94. The Morgan fingerprint density at radius 2 is 1.83 bits per heavy atom. The number of hydrogen-bond acceptors (Lipinski definition) is 3. The largest absolute Gasteiger partial charge is 0.444 e. The molecule has 23 heavy (non-hydrogen) atoms. The summed E-state index contributed by atoms with van der Waals surface area (Å²) in [5.74, 6) is 0. The van der Waals surface area contributed by atoms with E-state index in [4.69, 9.17) is 16.3 Å². The SMILES string of the molecule is CC(Cc1ccc(Cl)cc1)NC/C=C/CNC(=O)OC(C)(C)C. The average molecular weight is 339 g/mol. The Labute approximate surface area is 144 Å². The highest BCUT2D eigenvalue weighted by Crippen LogP contribution is 2.11. The summed E-state index contributed by atoms with van der Waals surface area (Å²) in [7, 11) is 0. The molecule has 1 rings (SSSR count). The highest BCUT2D eigenvalue weighted by Gasteiger charge is 2.14. The summed E-state index contributed by atoms with van der Waals surface area (Å²) < 4.78 is 5.15. The van der Waals surface area contributed by atoms with Crippen molar-refractivity contribution in [3.63, 3.8) is 0 Å². The van der Waals surface area contributed by atoms with Crippen LogP contribution in [0.5, 0.6) is 0 Å². The van der Waals surface area contributed by atoms with Gasteiger partial charge in [-0.1, -0.05) is 35.9 Å². The van der Waals surface area contributed by atoms with Crippen LogP contribution < -0.4 is 10.6 Å². The lowest BCUT2D eigenvalue weighted by Gasteiger charge is -2.19. The van der Waals surface area contributed by atoms with Crippen LogP contribution in [-0.4, -0.2) is 30.8 Å². The third-order valence-electron chi connectivity index (χ3n) is 2.97. The second-order valence-corrected chi connectivity index (χ2v) is 6.93. The third kappa shape index (κ3) is 9.97. The van der Waals surface area contributed by atoms with Crippen LogP contribution in [0.1, 0.15) is 33.3 Å². The number of amides is 1. The van der Waals surface area contributed by atoms with E-state index in [0.29, 0.717) is 12.6 Å². The Morgan fingerprint density at radius 1 is 1.22 bits per heavy atom. The van der Waals surface area contributed by atoms with E-state index < -0.39 is 11.7 Å². The quantitative estimate of drug-likeness (QED) is 0.740.